The Balaban J connectivity index is 2.20. The Bertz CT molecular complexity index is 817. The van der Waals surface area contributed by atoms with Crippen molar-refractivity contribution in [2.24, 2.45) is 0 Å². The Hall–Kier alpha value is -1.23. The maximum atomic E-state index is 13.5. The van der Waals surface area contributed by atoms with Crippen molar-refractivity contribution in [1.82, 2.24) is 0 Å². The molecule has 0 saturated heterocycles. The maximum Gasteiger partial charge on any atom is 0.123 e. The Morgan fingerprint density at radius 2 is 1.48 bits per heavy atom. The summed E-state index contributed by atoms with van der Waals surface area (Å²) in [4.78, 5) is 0. The molecule has 1 unspecified atom stereocenters. The highest BCUT2D eigenvalue weighted by molar-refractivity contribution is 9.11. The van der Waals surface area contributed by atoms with Crippen LogP contribution in [0.15, 0.2) is 63.5 Å². The van der Waals surface area contributed by atoms with Gasteiger partial charge >= 0.3 is 0 Å². The van der Waals surface area contributed by atoms with Crippen molar-refractivity contribution < 1.29 is 9.50 Å². The van der Waals surface area contributed by atoms with Crippen molar-refractivity contribution in [3.05, 3.63) is 80.5 Å². The van der Waals surface area contributed by atoms with Gasteiger partial charge in [-0.25, -0.2) is 4.39 Å². The van der Waals surface area contributed by atoms with Gasteiger partial charge in [-0.1, -0.05) is 62.2 Å². The van der Waals surface area contributed by atoms with Crippen molar-refractivity contribution in [2.75, 3.05) is 0 Å². The summed E-state index contributed by atoms with van der Waals surface area (Å²) in [6, 6.07) is 15.9. The molecule has 0 radical (unpaired) electrons. The minimum Gasteiger partial charge on any atom is -0.384 e. The van der Waals surface area contributed by atoms with E-state index in [2.05, 4.69) is 31.9 Å². The first-order valence-electron chi connectivity index (χ1n) is 6.38. The molecule has 3 aromatic carbocycles. The Kier molecular flexibility index (Phi) is 4.11. The molecule has 0 aromatic heterocycles. The molecule has 0 spiro atoms. The van der Waals surface area contributed by atoms with Gasteiger partial charge in [0.15, 0.2) is 0 Å². The molecule has 0 saturated carbocycles. The molecule has 3 aromatic rings. The van der Waals surface area contributed by atoms with Gasteiger partial charge in [0.25, 0.3) is 0 Å². The number of rotatable bonds is 2. The molecule has 3 rings (SSSR count). The summed E-state index contributed by atoms with van der Waals surface area (Å²) in [5, 5.41) is 12.6. The second kappa shape index (κ2) is 5.87. The monoisotopic (exact) mass is 408 g/mol. The predicted octanol–water partition coefficient (Wildman–Crippen LogP) is 5.59. The van der Waals surface area contributed by atoms with E-state index in [0.29, 0.717) is 10.0 Å². The van der Waals surface area contributed by atoms with Crippen molar-refractivity contribution in [2.45, 2.75) is 6.10 Å². The van der Waals surface area contributed by atoms with Crippen molar-refractivity contribution in [3.8, 4) is 0 Å². The molecular weight excluding hydrogens is 399 g/mol. The third-order valence-corrected chi connectivity index (χ3v) is 4.87. The van der Waals surface area contributed by atoms with Crippen LogP contribution in [0.1, 0.15) is 17.2 Å². The van der Waals surface area contributed by atoms with Gasteiger partial charge in [0, 0.05) is 14.5 Å². The molecule has 0 heterocycles. The highest BCUT2D eigenvalue weighted by Crippen LogP contribution is 2.35. The summed E-state index contributed by atoms with van der Waals surface area (Å²) in [5.74, 6) is -0.367. The Morgan fingerprint density at radius 1 is 0.810 bits per heavy atom. The smallest absolute Gasteiger partial charge is 0.123 e. The van der Waals surface area contributed by atoms with E-state index in [0.717, 1.165) is 20.8 Å². The number of benzene rings is 3. The van der Waals surface area contributed by atoms with Gasteiger partial charge in [0.05, 0.1) is 0 Å². The lowest BCUT2D eigenvalue weighted by Gasteiger charge is -2.16. The number of hydrogen-bond donors (Lipinski definition) is 1. The molecule has 0 amide bonds. The molecule has 21 heavy (non-hydrogen) atoms. The minimum atomic E-state index is -0.895. The average Bonchev–Trinajstić information content (AvgIpc) is 2.50. The summed E-state index contributed by atoms with van der Waals surface area (Å²) in [5.41, 5.74) is 1.27. The van der Waals surface area contributed by atoms with Gasteiger partial charge in [-0.3, -0.25) is 0 Å². The third kappa shape index (κ3) is 2.76. The van der Waals surface area contributed by atoms with Gasteiger partial charge in [0.1, 0.15) is 11.9 Å². The summed E-state index contributed by atoms with van der Waals surface area (Å²) >= 11 is 6.88. The van der Waals surface area contributed by atoms with Crippen molar-refractivity contribution in [1.29, 1.82) is 0 Å². The first-order chi connectivity index (χ1) is 10.1. The molecule has 1 nitrogen and oxygen atoms in total. The van der Waals surface area contributed by atoms with Crippen LogP contribution in [-0.2, 0) is 0 Å². The van der Waals surface area contributed by atoms with Crippen LogP contribution in [0.3, 0.4) is 0 Å². The molecule has 106 valence electrons. The lowest BCUT2D eigenvalue weighted by Crippen LogP contribution is -2.02. The molecule has 4 heteroatoms. The van der Waals surface area contributed by atoms with E-state index in [4.69, 9.17) is 0 Å². The lowest BCUT2D eigenvalue weighted by atomic mass is 9.96. The summed E-state index contributed by atoms with van der Waals surface area (Å²) in [6.07, 6.45) is -0.895. The minimum absolute atomic E-state index is 0.367. The summed E-state index contributed by atoms with van der Waals surface area (Å²) in [7, 11) is 0. The molecule has 0 aliphatic rings. The fraction of sp³-hybridized carbons (Fsp3) is 0.0588. The fourth-order valence-corrected chi connectivity index (χ4v) is 3.36. The highest BCUT2D eigenvalue weighted by Gasteiger charge is 2.17. The van der Waals surface area contributed by atoms with Gasteiger partial charge in [-0.05, 0) is 40.6 Å². The van der Waals surface area contributed by atoms with Crippen LogP contribution in [0.4, 0.5) is 4.39 Å². The second-order valence-corrected chi connectivity index (χ2v) is 6.46. The van der Waals surface area contributed by atoms with Gasteiger partial charge in [-0.15, -0.1) is 0 Å². The first kappa shape index (κ1) is 14.7. The number of hydrogen-bond acceptors (Lipinski definition) is 1. The zero-order valence-electron chi connectivity index (χ0n) is 10.9. The van der Waals surface area contributed by atoms with Gasteiger partial charge < -0.3 is 5.11 Å². The number of aliphatic hydroxyl groups excluding tert-OH is 1. The number of aliphatic hydroxyl groups is 1. The van der Waals surface area contributed by atoms with Crippen LogP contribution in [0.25, 0.3) is 10.8 Å². The van der Waals surface area contributed by atoms with Gasteiger partial charge in [-0.2, -0.15) is 0 Å². The largest absolute Gasteiger partial charge is 0.384 e. The molecule has 1 N–H and O–H groups in total. The normalized spacial score (nSPS) is 12.6. The van der Waals surface area contributed by atoms with E-state index in [1.807, 2.05) is 36.4 Å². The first-order valence-corrected chi connectivity index (χ1v) is 7.96. The summed E-state index contributed by atoms with van der Waals surface area (Å²) < 4.78 is 15.1. The summed E-state index contributed by atoms with van der Waals surface area (Å²) in [6.45, 7) is 0. The Labute approximate surface area is 138 Å². The molecule has 0 bridgehead atoms. The van der Waals surface area contributed by atoms with Gasteiger partial charge in [0.2, 0.25) is 0 Å². The average molecular weight is 410 g/mol. The molecular formula is C17H11Br2FO. The van der Waals surface area contributed by atoms with Crippen LogP contribution < -0.4 is 0 Å². The topological polar surface area (TPSA) is 20.2 Å². The molecule has 1 atom stereocenters. The van der Waals surface area contributed by atoms with Crippen molar-refractivity contribution in [3.63, 3.8) is 0 Å². The lowest BCUT2D eigenvalue weighted by molar-refractivity contribution is 0.220. The van der Waals surface area contributed by atoms with Crippen LogP contribution in [0, 0.1) is 5.82 Å². The second-order valence-electron chi connectivity index (χ2n) is 4.75. The van der Waals surface area contributed by atoms with Crippen molar-refractivity contribution >= 4 is 42.6 Å². The van der Waals surface area contributed by atoms with E-state index >= 15 is 0 Å². The van der Waals surface area contributed by atoms with Crippen LogP contribution in [0.2, 0.25) is 0 Å². The highest BCUT2D eigenvalue weighted by atomic mass is 79.9. The molecule has 0 aliphatic heterocycles. The maximum absolute atomic E-state index is 13.5. The quantitative estimate of drug-likeness (QED) is 0.585. The van der Waals surface area contributed by atoms with E-state index in [1.54, 1.807) is 6.07 Å². The molecule has 0 aliphatic carbocycles. The zero-order valence-corrected chi connectivity index (χ0v) is 14.0. The number of halogens is 3. The fourth-order valence-electron chi connectivity index (χ4n) is 2.42. The van der Waals surface area contributed by atoms with E-state index in [9.17, 15) is 9.50 Å². The van der Waals surface area contributed by atoms with Crippen LogP contribution in [-0.4, -0.2) is 5.11 Å². The van der Waals surface area contributed by atoms with E-state index in [-0.39, 0.29) is 5.82 Å². The van der Waals surface area contributed by atoms with E-state index < -0.39 is 6.10 Å². The number of fused-ring (bicyclic) bond motifs is 1. The van der Waals surface area contributed by atoms with Crippen LogP contribution >= 0.6 is 31.9 Å². The van der Waals surface area contributed by atoms with Crippen LogP contribution in [0.5, 0.6) is 0 Å². The third-order valence-electron chi connectivity index (χ3n) is 3.45. The zero-order chi connectivity index (χ0) is 15.0. The predicted molar refractivity (Wildman–Crippen MR) is 89.8 cm³/mol. The van der Waals surface area contributed by atoms with E-state index in [1.165, 1.54) is 12.1 Å². The molecule has 0 fully saturated rings. The standard InChI is InChI=1S/C17H11Br2FO/c18-15-8-6-13(11-3-1-2-4-12(11)15)17(21)14-9-10(20)5-7-16(14)19/h1-9,17,21H. The SMILES string of the molecule is OC(c1cc(F)ccc1Br)c1ccc(Br)c2ccccc12. The Morgan fingerprint density at radius 3 is 2.24 bits per heavy atom.